The summed E-state index contributed by atoms with van der Waals surface area (Å²) in [4.78, 5) is 25.9. The van der Waals surface area contributed by atoms with Crippen LogP contribution in [0.2, 0.25) is 0 Å². The quantitative estimate of drug-likeness (QED) is 0.0862. The van der Waals surface area contributed by atoms with Crippen molar-refractivity contribution in [1.82, 2.24) is 0 Å². The molecule has 5 N–H and O–H groups in total. The van der Waals surface area contributed by atoms with E-state index in [9.17, 15) is 35.1 Å². The second kappa shape index (κ2) is 27.2. The van der Waals surface area contributed by atoms with Gasteiger partial charge in [0.05, 0.1) is 78.0 Å². The highest BCUT2D eigenvalue weighted by molar-refractivity contribution is 5.72. The zero-order valence-corrected chi connectivity index (χ0v) is 52.9. The number of carbonyl (C=O) groups excluding carboxylic acids is 2. The summed E-state index contributed by atoms with van der Waals surface area (Å²) in [5.74, 6) is -1.17. The molecular formula is C62H104O23. The lowest BCUT2D eigenvalue weighted by atomic mass is 9.42. The molecule has 5 aliphatic heterocycles. The standard InChI is InChI=1S/C62H104O23/c1-16-29(2)57(67)79-35(8)61(68)21-22-62(69)39-18-17-37-23-38(19-20-59(37,10)40(39)24-45(60(61,62)11)80-36(9)63)81-46-25-41(64)52(31(4)74-46)82-47-26-42(70-12)53(32(5)75-47)83-48-27-43(71-13)54(33(6)76-48)84-49-28-44(72-14)55(34(7)77-49)85-58-51(66)56(73-15)50(65)30(3)78-58/h29-35,37-56,58,64-66,68-69H,16-28H2,1-15H3/t29-,30+,31+,32+,33+,34+,35-,37-,38-,39+,40-,41-,42-,43+,44+,45+,46+,47-,48-,49-,50+,51+,52+,53+,54+,55+,56-,58-,59-,60+,61+,62-/m0/s1. The third kappa shape index (κ3) is 12.9. The lowest BCUT2D eigenvalue weighted by molar-refractivity contribution is -0.357. The highest BCUT2D eigenvalue weighted by Crippen LogP contribution is 2.71. The van der Waals surface area contributed by atoms with Crippen molar-refractivity contribution in [1.29, 1.82) is 0 Å². The summed E-state index contributed by atoms with van der Waals surface area (Å²) in [6.07, 6.45) is -9.89. The molecule has 9 rings (SSSR count). The number of aliphatic hydroxyl groups is 5. The Morgan fingerprint density at radius 3 is 1.59 bits per heavy atom. The zero-order valence-electron chi connectivity index (χ0n) is 52.9. The topological polar surface area (TPSA) is 283 Å². The minimum atomic E-state index is -1.63. The van der Waals surface area contributed by atoms with Crippen LogP contribution in [0.15, 0.2) is 0 Å². The molecule has 85 heavy (non-hydrogen) atoms. The smallest absolute Gasteiger partial charge is 0.309 e. The van der Waals surface area contributed by atoms with E-state index in [0.717, 1.165) is 32.1 Å². The number of methoxy groups -OCH3 is 4. The Morgan fingerprint density at radius 1 is 0.565 bits per heavy atom. The normalized spacial score (nSPS) is 50.9. The molecule has 4 saturated carbocycles. The van der Waals surface area contributed by atoms with Crippen LogP contribution in [0.25, 0.3) is 0 Å². The Morgan fingerprint density at radius 2 is 1.08 bits per heavy atom. The van der Waals surface area contributed by atoms with E-state index >= 15 is 0 Å². The van der Waals surface area contributed by atoms with Gasteiger partial charge < -0.3 is 101 Å². The van der Waals surface area contributed by atoms with Gasteiger partial charge in [0.15, 0.2) is 31.5 Å². The van der Waals surface area contributed by atoms with Crippen LogP contribution in [0.3, 0.4) is 0 Å². The number of esters is 2. The molecule has 0 amide bonds. The van der Waals surface area contributed by atoms with Crippen LogP contribution in [-0.4, -0.2) is 225 Å². The van der Waals surface area contributed by atoms with Gasteiger partial charge in [0, 0.05) is 61.0 Å². The Labute approximate surface area is 502 Å². The Balaban J connectivity index is 0.749. The molecule has 0 aromatic carbocycles. The lowest BCUT2D eigenvalue weighted by Crippen LogP contribution is -2.72. The molecular weight excluding hydrogens is 1110 g/mol. The molecule has 0 spiro atoms. The fourth-order valence-electron chi connectivity index (χ4n) is 17.0. The number of fused-ring (bicyclic) bond motifs is 5. The maximum absolute atomic E-state index is 13.1. The molecule has 9 aliphatic rings. The van der Waals surface area contributed by atoms with Gasteiger partial charge in [-0.05, 0) is 122 Å². The summed E-state index contributed by atoms with van der Waals surface area (Å²) in [5.41, 5.74) is -4.52. The largest absolute Gasteiger partial charge is 0.462 e. The van der Waals surface area contributed by atoms with Crippen LogP contribution in [0.4, 0.5) is 0 Å². The van der Waals surface area contributed by atoms with E-state index < -0.39 is 170 Å². The number of rotatable bonds is 19. The highest BCUT2D eigenvalue weighted by atomic mass is 16.8. The zero-order chi connectivity index (χ0) is 61.8. The van der Waals surface area contributed by atoms with Crippen LogP contribution in [0.1, 0.15) is 160 Å². The summed E-state index contributed by atoms with van der Waals surface area (Å²) in [7, 11) is 6.22. The number of ether oxygens (including phenoxy) is 16. The van der Waals surface area contributed by atoms with Gasteiger partial charge >= 0.3 is 11.9 Å². The van der Waals surface area contributed by atoms with Crippen LogP contribution in [0.5, 0.6) is 0 Å². The van der Waals surface area contributed by atoms with Gasteiger partial charge in [0.1, 0.15) is 60.5 Å². The third-order valence-electron chi connectivity index (χ3n) is 22.4. The van der Waals surface area contributed by atoms with Gasteiger partial charge in [-0.3, -0.25) is 9.59 Å². The van der Waals surface area contributed by atoms with Gasteiger partial charge in [0.25, 0.3) is 0 Å². The minimum Gasteiger partial charge on any atom is -0.462 e. The van der Waals surface area contributed by atoms with Crippen molar-refractivity contribution in [2.24, 2.45) is 34.5 Å². The molecule has 0 unspecified atom stereocenters. The predicted octanol–water partition coefficient (Wildman–Crippen LogP) is 4.75. The molecule has 490 valence electrons. The third-order valence-corrected chi connectivity index (χ3v) is 22.4. The lowest BCUT2D eigenvalue weighted by Gasteiger charge is -2.66. The first-order chi connectivity index (χ1) is 40.2. The Bertz CT molecular complexity index is 2200. The summed E-state index contributed by atoms with van der Waals surface area (Å²) in [6.45, 7) is 20.1. The summed E-state index contributed by atoms with van der Waals surface area (Å²) in [5, 5.41) is 58.9. The minimum absolute atomic E-state index is 0.00482. The summed E-state index contributed by atoms with van der Waals surface area (Å²) >= 11 is 0. The second-order valence-electron chi connectivity index (χ2n) is 27.0. The highest BCUT2D eigenvalue weighted by Gasteiger charge is 2.77. The molecule has 4 aliphatic carbocycles. The summed E-state index contributed by atoms with van der Waals surface area (Å²) in [6, 6.07) is 0. The fourth-order valence-corrected chi connectivity index (χ4v) is 17.0. The first kappa shape index (κ1) is 67.6. The van der Waals surface area contributed by atoms with Crippen LogP contribution in [0, 0.1) is 34.5 Å². The molecule has 32 atom stereocenters. The molecule has 0 radical (unpaired) electrons. The van der Waals surface area contributed by atoms with Crippen molar-refractivity contribution in [2.75, 3.05) is 28.4 Å². The predicted molar refractivity (Wildman–Crippen MR) is 300 cm³/mol. The second-order valence-corrected chi connectivity index (χ2v) is 27.0. The van der Waals surface area contributed by atoms with Crippen LogP contribution >= 0.6 is 0 Å². The van der Waals surface area contributed by atoms with Crippen molar-refractivity contribution in [2.45, 2.75) is 318 Å². The SMILES string of the molecule is CC[C@H](C)C(=O)O[C@@H](C)[C@]1(O)CC[C@]2(O)[C@@H]3CC[C@H]4C[C@@H](O[C@@H]5C[C@H](O)[C@H](O[C@H]6C[C@H](OC)[C@H](O[C@H]7C[C@@H](OC)[C@H](O[C@H]8C[C@@H](OC)[C@H](O[C@@H]9O[C@H](C)[C@@H](O)[C@H](OC)[C@H]9O)[C@@H](C)O8)[C@@H](C)O7)[C@@H](C)O6)[C@@H](C)O5)CC[C@]4(C)[C@H]3C[C@@H](OC(C)=O)[C@]12C. The number of hydrogen-bond acceptors (Lipinski definition) is 23. The van der Waals surface area contributed by atoms with Crippen LogP contribution in [-0.2, 0) is 85.4 Å². The van der Waals surface area contributed by atoms with E-state index in [2.05, 4.69) is 6.92 Å². The van der Waals surface area contributed by atoms with Crippen molar-refractivity contribution in [3.63, 3.8) is 0 Å². The number of hydrogen-bond donors (Lipinski definition) is 5. The van der Waals surface area contributed by atoms with E-state index in [0.29, 0.717) is 38.5 Å². The van der Waals surface area contributed by atoms with Crippen molar-refractivity contribution in [3.05, 3.63) is 0 Å². The molecule has 0 aromatic rings. The van der Waals surface area contributed by atoms with E-state index in [4.69, 9.17) is 75.8 Å². The number of aliphatic hydroxyl groups excluding tert-OH is 3. The van der Waals surface area contributed by atoms with Crippen LogP contribution < -0.4 is 0 Å². The maximum Gasteiger partial charge on any atom is 0.309 e. The van der Waals surface area contributed by atoms with Crippen molar-refractivity contribution >= 4 is 11.9 Å². The average molecular weight is 1220 g/mol. The molecule has 5 saturated heterocycles. The molecule has 23 nitrogen and oxygen atoms in total. The van der Waals surface area contributed by atoms with Crippen molar-refractivity contribution < 1.29 is 111 Å². The van der Waals surface area contributed by atoms with E-state index in [-0.39, 0.29) is 48.0 Å². The molecule has 0 aromatic heterocycles. The van der Waals surface area contributed by atoms with E-state index in [1.165, 1.54) is 14.0 Å². The molecule has 9 fully saturated rings. The number of carbonyl (C=O) groups is 2. The Hall–Kier alpha value is -1.82. The van der Waals surface area contributed by atoms with Gasteiger partial charge in [-0.2, -0.15) is 0 Å². The van der Waals surface area contributed by atoms with E-state index in [1.54, 1.807) is 42.1 Å². The van der Waals surface area contributed by atoms with Gasteiger partial charge in [-0.15, -0.1) is 0 Å². The fraction of sp³-hybridized carbons (Fsp3) is 0.968. The Kier molecular flexibility index (Phi) is 21.6. The molecule has 0 bridgehead atoms. The summed E-state index contributed by atoms with van der Waals surface area (Å²) < 4.78 is 99.7. The molecule has 5 heterocycles. The van der Waals surface area contributed by atoms with Gasteiger partial charge in [-0.25, -0.2) is 0 Å². The van der Waals surface area contributed by atoms with Gasteiger partial charge in [-0.1, -0.05) is 27.7 Å². The molecule has 23 heteroatoms. The first-order valence-electron chi connectivity index (χ1n) is 31.7. The maximum atomic E-state index is 13.1. The monoisotopic (exact) mass is 1220 g/mol. The van der Waals surface area contributed by atoms with Crippen molar-refractivity contribution in [3.8, 4) is 0 Å². The van der Waals surface area contributed by atoms with E-state index in [1.807, 2.05) is 41.5 Å². The first-order valence-corrected chi connectivity index (χ1v) is 31.7. The van der Waals surface area contributed by atoms with Gasteiger partial charge in [0.2, 0.25) is 0 Å². The average Bonchev–Trinajstić information content (AvgIpc) is 1.61.